The lowest BCUT2D eigenvalue weighted by molar-refractivity contribution is -0.384. The molecule has 0 atom stereocenters. The summed E-state index contributed by atoms with van der Waals surface area (Å²) >= 11 is 1.20. The number of hydrogen-bond acceptors (Lipinski definition) is 7. The number of hydrogen-bond donors (Lipinski definition) is 0. The standard InChI is InChI=1S/C22H14N4O4S/c1-13-6-8-14(9-7-13)20-23-22-25(24-20)21(27)19(31-22)12-15-10-11-18(30-15)16-4-2-3-5-17(16)26(28)29/h2-12H,1H3. The topological polar surface area (TPSA) is 104 Å². The first-order valence-corrected chi connectivity index (χ1v) is 10.1. The third-order valence-corrected chi connectivity index (χ3v) is 5.72. The maximum absolute atomic E-state index is 12.8. The van der Waals surface area contributed by atoms with E-state index in [1.807, 2.05) is 31.2 Å². The molecule has 0 aliphatic heterocycles. The van der Waals surface area contributed by atoms with Gasteiger partial charge in [0.2, 0.25) is 4.96 Å². The van der Waals surface area contributed by atoms with Crippen LogP contribution >= 0.6 is 11.3 Å². The molecule has 0 fully saturated rings. The summed E-state index contributed by atoms with van der Waals surface area (Å²) in [7, 11) is 0. The highest BCUT2D eigenvalue weighted by atomic mass is 32.1. The maximum atomic E-state index is 12.8. The summed E-state index contributed by atoms with van der Waals surface area (Å²) < 4.78 is 7.44. The number of aryl methyl sites for hydroxylation is 1. The van der Waals surface area contributed by atoms with E-state index in [4.69, 9.17) is 4.42 Å². The van der Waals surface area contributed by atoms with Crippen molar-refractivity contribution in [3.05, 3.63) is 97.0 Å². The van der Waals surface area contributed by atoms with Crippen molar-refractivity contribution < 1.29 is 9.34 Å². The summed E-state index contributed by atoms with van der Waals surface area (Å²) in [5.41, 5.74) is 2.00. The quantitative estimate of drug-likeness (QED) is 0.317. The minimum Gasteiger partial charge on any atom is -0.456 e. The van der Waals surface area contributed by atoms with Gasteiger partial charge in [-0.15, -0.1) is 5.10 Å². The molecule has 152 valence electrons. The monoisotopic (exact) mass is 430 g/mol. The van der Waals surface area contributed by atoms with E-state index in [1.165, 1.54) is 21.9 Å². The van der Waals surface area contributed by atoms with Crippen LogP contribution in [-0.4, -0.2) is 19.5 Å². The number of thiazole rings is 1. The molecule has 0 N–H and O–H groups in total. The zero-order valence-electron chi connectivity index (χ0n) is 16.2. The van der Waals surface area contributed by atoms with Crippen LogP contribution in [-0.2, 0) is 0 Å². The Labute approximate surface area is 178 Å². The van der Waals surface area contributed by atoms with Gasteiger partial charge in [0, 0.05) is 17.7 Å². The minimum atomic E-state index is -0.456. The number of benzene rings is 2. The van der Waals surface area contributed by atoms with Gasteiger partial charge in [-0.25, -0.2) is 0 Å². The lowest BCUT2D eigenvalue weighted by Gasteiger charge is -1.98. The number of rotatable bonds is 4. The number of fused-ring (bicyclic) bond motifs is 1. The van der Waals surface area contributed by atoms with Crippen LogP contribution in [0.2, 0.25) is 0 Å². The van der Waals surface area contributed by atoms with Crippen LogP contribution in [0.3, 0.4) is 0 Å². The first-order valence-electron chi connectivity index (χ1n) is 9.31. The summed E-state index contributed by atoms with van der Waals surface area (Å²) in [6, 6.07) is 17.4. The van der Waals surface area contributed by atoms with E-state index in [9.17, 15) is 14.9 Å². The van der Waals surface area contributed by atoms with Crippen molar-refractivity contribution in [3.8, 4) is 22.7 Å². The molecule has 0 unspecified atom stereocenters. The van der Waals surface area contributed by atoms with E-state index in [1.54, 1.807) is 36.4 Å². The van der Waals surface area contributed by atoms with E-state index in [-0.39, 0.29) is 11.2 Å². The normalized spacial score (nSPS) is 12.0. The number of para-hydroxylation sites is 1. The largest absolute Gasteiger partial charge is 0.456 e. The molecule has 0 bridgehead atoms. The average Bonchev–Trinajstić information content (AvgIpc) is 3.46. The zero-order valence-corrected chi connectivity index (χ0v) is 17.0. The molecule has 0 saturated carbocycles. The third kappa shape index (κ3) is 3.40. The predicted molar refractivity (Wildman–Crippen MR) is 117 cm³/mol. The highest BCUT2D eigenvalue weighted by Crippen LogP contribution is 2.31. The molecule has 31 heavy (non-hydrogen) atoms. The van der Waals surface area contributed by atoms with Gasteiger partial charge in [0.15, 0.2) is 5.82 Å². The number of nitrogens with zero attached hydrogens (tertiary/aromatic N) is 4. The molecule has 5 aromatic rings. The van der Waals surface area contributed by atoms with Gasteiger partial charge in [-0.1, -0.05) is 53.3 Å². The van der Waals surface area contributed by atoms with E-state index in [0.29, 0.717) is 32.4 Å². The Morgan fingerprint density at radius 1 is 1.10 bits per heavy atom. The van der Waals surface area contributed by atoms with Gasteiger partial charge in [-0.05, 0) is 25.1 Å². The number of nitro groups is 1. The molecule has 8 nitrogen and oxygen atoms in total. The Morgan fingerprint density at radius 3 is 2.61 bits per heavy atom. The molecular weight excluding hydrogens is 416 g/mol. The van der Waals surface area contributed by atoms with Gasteiger partial charge in [0.1, 0.15) is 16.1 Å². The molecule has 0 aliphatic rings. The summed E-state index contributed by atoms with van der Waals surface area (Å²) in [5.74, 6) is 1.26. The highest BCUT2D eigenvalue weighted by molar-refractivity contribution is 7.15. The molecule has 9 heteroatoms. The molecule has 0 amide bonds. The highest BCUT2D eigenvalue weighted by Gasteiger charge is 2.17. The van der Waals surface area contributed by atoms with Crippen LogP contribution in [0.5, 0.6) is 0 Å². The fourth-order valence-electron chi connectivity index (χ4n) is 3.20. The Hall–Kier alpha value is -4.11. The van der Waals surface area contributed by atoms with Crippen molar-refractivity contribution in [3.63, 3.8) is 0 Å². The number of furan rings is 1. The summed E-state index contributed by atoms with van der Waals surface area (Å²) in [5, 5.41) is 15.6. The summed E-state index contributed by atoms with van der Waals surface area (Å²) in [6.07, 6.45) is 1.59. The molecular formula is C22H14N4O4S. The Kier molecular flexibility index (Phi) is 4.45. The minimum absolute atomic E-state index is 0.0460. The average molecular weight is 430 g/mol. The van der Waals surface area contributed by atoms with Gasteiger partial charge in [0.25, 0.3) is 11.2 Å². The van der Waals surface area contributed by atoms with Gasteiger partial charge in [-0.3, -0.25) is 14.9 Å². The fourth-order valence-corrected chi connectivity index (χ4v) is 4.09. The van der Waals surface area contributed by atoms with Crippen LogP contribution in [0.4, 0.5) is 5.69 Å². The van der Waals surface area contributed by atoms with Crippen molar-refractivity contribution >= 4 is 28.1 Å². The van der Waals surface area contributed by atoms with Gasteiger partial charge in [0.05, 0.1) is 10.5 Å². The first-order chi connectivity index (χ1) is 15.0. The van der Waals surface area contributed by atoms with Crippen molar-refractivity contribution in [1.29, 1.82) is 0 Å². The summed E-state index contributed by atoms with van der Waals surface area (Å²) in [6.45, 7) is 2.00. The second-order valence-electron chi connectivity index (χ2n) is 6.89. The van der Waals surface area contributed by atoms with Crippen LogP contribution in [0.1, 0.15) is 11.3 Å². The molecule has 0 spiro atoms. The van der Waals surface area contributed by atoms with Gasteiger partial charge in [-0.2, -0.15) is 9.50 Å². The molecule has 0 aliphatic carbocycles. The zero-order chi connectivity index (χ0) is 21.5. The SMILES string of the molecule is Cc1ccc(-c2nc3sc(=Cc4ccc(-c5ccccc5[N+](=O)[O-])o4)c(=O)n3n2)cc1. The van der Waals surface area contributed by atoms with E-state index >= 15 is 0 Å². The number of aromatic nitrogens is 3. The van der Waals surface area contributed by atoms with E-state index < -0.39 is 4.92 Å². The van der Waals surface area contributed by atoms with Crippen molar-refractivity contribution in [1.82, 2.24) is 14.6 Å². The van der Waals surface area contributed by atoms with Crippen LogP contribution in [0.15, 0.2) is 69.9 Å². The molecule has 5 rings (SSSR count). The maximum Gasteiger partial charge on any atom is 0.291 e. The Bertz CT molecular complexity index is 1550. The smallest absolute Gasteiger partial charge is 0.291 e. The Balaban J connectivity index is 1.52. The second-order valence-corrected chi connectivity index (χ2v) is 7.90. The fraction of sp³-hybridized carbons (Fsp3) is 0.0455. The predicted octanol–water partition coefficient (Wildman–Crippen LogP) is 3.84. The van der Waals surface area contributed by atoms with E-state index in [2.05, 4.69) is 10.1 Å². The second kappa shape index (κ2) is 7.29. The van der Waals surface area contributed by atoms with Gasteiger partial charge >= 0.3 is 0 Å². The number of nitro benzene ring substituents is 1. The first kappa shape index (κ1) is 18.9. The van der Waals surface area contributed by atoms with E-state index in [0.717, 1.165) is 11.1 Å². The lowest BCUT2D eigenvalue weighted by atomic mass is 10.1. The summed E-state index contributed by atoms with van der Waals surface area (Å²) in [4.78, 5) is 28.5. The lowest BCUT2D eigenvalue weighted by Crippen LogP contribution is -2.23. The molecule has 2 aromatic carbocycles. The van der Waals surface area contributed by atoms with Crippen molar-refractivity contribution in [2.24, 2.45) is 0 Å². The molecule has 3 heterocycles. The molecule has 0 radical (unpaired) electrons. The van der Waals surface area contributed by atoms with Crippen LogP contribution in [0.25, 0.3) is 33.7 Å². The third-order valence-electron chi connectivity index (χ3n) is 4.76. The van der Waals surface area contributed by atoms with Crippen LogP contribution in [0, 0.1) is 17.0 Å². The van der Waals surface area contributed by atoms with Gasteiger partial charge < -0.3 is 4.42 Å². The Morgan fingerprint density at radius 2 is 1.87 bits per heavy atom. The molecule has 3 aromatic heterocycles. The van der Waals surface area contributed by atoms with Crippen LogP contribution < -0.4 is 10.1 Å². The van der Waals surface area contributed by atoms with Crippen molar-refractivity contribution in [2.75, 3.05) is 0 Å². The molecule has 0 saturated heterocycles. The van der Waals surface area contributed by atoms with Crippen molar-refractivity contribution in [2.45, 2.75) is 6.92 Å².